The predicted molar refractivity (Wildman–Crippen MR) is 54.3 cm³/mol. The van der Waals surface area contributed by atoms with Crippen molar-refractivity contribution in [3.8, 4) is 6.07 Å². The van der Waals surface area contributed by atoms with Crippen molar-refractivity contribution in [3.05, 3.63) is 11.3 Å². The van der Waals surface area contributed by atoms with E-state index in [2.05, 4.69) is 0 Å². The van der Waals surface area contributed by atoms with Gasteiger partial charge < -0.3 is 11.1 Å². The molecule has 0 bridgehead atoms. The van der Waals surface area contributed by atoms with Gasteiger partial charge in [-0.25, -0.2) is 0 Å². The molecule has 0 amide bonds. The maximum Gasteiger partial charge on any atom is 0.103 e. The van der Waals surface area contributed by atoms with Crippen LogP contribution in [0.4, 0.5) is 0 Å². The number of hydrogen-bond donors (Lipinski definition) is 2. The first kappa shape index (κ1) is 11.7. The number of nitrogens with zero attached hydrogens (tertiary/aromatic N) is 1. The monoisotopic (exact) mass is 179 g/mol. The summed E-state index contributed by atoms with van der Waals surface area (Å²) >= 11 is 0. The molecule has 0 saturated heterocycles. The topological polar surface area (TPSA) is 73.7 Å². The van der Waals surface area contributed by atoms with Crippen LogP contribution in [0, 0.1) is 22.2 Å². The molecule has 1 fully saturated rings. The Hall–Kier alpha value is -1.30. The van der Waals surface area contributed by atoms with Crippen molar-refractivity contribution in [1.29, 1.82) is 10.7 Å². The Morgan fingerprint density at radius 2 is 2.00 bits per heavy atom. The van der Waals surface area contributed by atoms with Crippen LogP contribution in [0.15, 0.2) is 11.3 Å². The van der Waals surface area contributed by atoms with Gasteiger partial charge in [0.1, 0.15) is 6.07 Å². The van der Waals surface area contributed by atoms with Gasteiger partial charge in [0.2, 0.25) is 0 Å². The van der Waals surface area contributed by atoms with Crippen molar-refractivity contribution < 1.29 is 0 Å². The van der Waals surface area contributed by atoms with E-state index in [4.69, 9.17) is 16.4 Å². The van der Waals surface area contributed by atoms with Crippen LogP contribution in [0.1, 0.15) is 33.6 Å². The molecule has 1 rings (SSSR count). The lowest BCUT2D eigenvalue weighted by Gasteiger charge is -2.08. The molecule has 0 radical (unpaired) electrons. The molecule has 0 heterocycles. The van der Waals surface area contributed by atoms with Gasteiger partial charge in [0.05, 0.1) is 5.57 Å². The maximum absolute atomic E-state index is 8.55. The molecular weight excluding hydrogens is 162 g/mol. The highest BCUT2D eigenvalue weighted by Crippen LogP contribution is 2.49. The molecule has 13 heavy (non-hydrogen) atoms. The summed E-state index contributed by atoms with van der Waals surface area (Å²) in [4.78, 5) is 0. The molecule has 3 N–H and O–H groups in total. The van der Waals surface area contributed by atoms with E-state index in [-0.39, 0.29) is 5.41 Å². The minimum absolute atomic E-state index is 0.0165. The van der Waals surface area contributed by atoms with Crippen LogP contribution in [0.2, 0.25) is 0 Å². The van der Waals surface area contributed by atoms with Gasteiger partial charge in [0, 0.05) is 17.3 Å². The Balaban J connectivity index is 0.000000671. The maximum atomic E-state index is 8.55. The molecule has 72 valence electrons. The lowest BCUT2D eigenvalue weighted by atomic mass is 10.0. The van der Waals surface area contributed by atoms with Gasteiger partial charge in [-0.3, -0.25) is 0 Å². The molecule has 1 saturated carbocycles. The normalized spacial score (nSPS) is 18.6. The van der Waals surface area contributed by atoms with E-state index in [1.807, 2.05) is 26.8 Å². The van der Waals surface area contributed by atoms with Crippen LogP contribution in [-0.4, -0.2) is 6.21 Å². The molecule has 0 aromatic rings. The molecule has 3 nitrogen and oxygen atoms in total. The van der Waals surface area contributed by atoms with Crippen LogP contribution in [-0.2, 0) is 0 Å². The molecule has 0 unspecified atom stereocenters. The first-order chi connectivity index (χ1) is 6.14. The second-order valence-electron chi connectivity index (χ2n) is 3.14. The van der Waals surface area contributed by atoms with Gasteiger partial charge in [0.15, 0.2) is 0 Å². The molecule has 0 aromatic carbocycles. The van der Waals surface area contributed by atoms with Gasteiger partial charge in [-0.15, -0.1) is 0 Å². The third-order valence-electron chi connectivity index (χ3n) is 2.21. The third-order valence-corrected chi connectivity index (χ3v) is 2.21. The van der Waals surface area contributed by atoms with Gasteiger partial charge in [-0.05, 0) is 12.8 Å². The summed E-state index contributed by atoms with van der Waals surface area (Å²) < 4.78 is 0. The average Bonchev–Trinajstić information content (AvgIpc) is 2.90. The van der Waals surface area contributed by atoms with Crippen molar-refractivity contribution in [2.24, 2.45) is 11.1 Å². The molecule has 3 heteroatoms. The first-order valence-corrected chi connectivity index (χ1v) is 4.55. The Labute approximate surface area is 79.8 Å². The summed E-state index contributed by atoms with van der Waals surface area (Å²) in [6, 6.07) is 1.91. The van der Waals surface area contributed by atoms with E-state index in [0.717, 1.165) is 19.1 Å². The number of nitrogens with one attached hydrogen (secondary N) is 1. The van der Waals surface area contributed by atoms with E-state index in [9.17, 15) is 0 Å². The van der Waals surface area contributed by atoms with E-state index in [1.165, 1.54) is 0 Å². The highest BCUT2D eigenvalue weighted by molar-refractivity contribution is 5.82. The van der Waals surface area contributed by atoms with Gasteiger partial charge in [0.25, 0.3) is 0 Å². The smallest absolute Gasteiger partial charge is 0.103 e. The van der Waals surface area contributed by atoms with Crippen LogP contribution >= 0.6 is 0 Å². The molecule has 0 spiro atoms. The number of hydrogen-bond acceptors (Lipinski definition) is 3. The van der Waals surface area contributed by atoms with Crippen LogP contribution in [0.25, 0.3) is 0 Å². The second kappa shape index (κ2) is 4.66. The molecular formula is C10H17N3. The highest BCUT2D eigenvalue weighted by atomic mass is 14.7. The molecule has 1 aliphatic carbocycles. The molecule has 0 atom stereocenters. The zero-order valence-electron chi connectivity index (χ0n) is 8.52. The number of rotatable bonds is 2. The number of nitrogens with two attached hydrogens (primary N) is 1. The van der Waals surface area contributed by atoms with Crippen LogP contribution < -0.4 is 5.73 Å². The van der Waals surface area contributed by atoms with E-state index in [1.54, 1.807) is 0 Å². The van der Waals surface area contributed by atoms with Crippen molar-refractivity contribution in [2.45, 2.75) is 33.6 Å². The zero-order valence-corrected chi connectivity index (χ0v) is 8.52. The second-order valence-corrected chi connectivity index (χ2v) is 3.14. The highest BCUT2D eigenvalue weighted by Gasteiger charge is 2.41. The van der Waals surface area contributed by atoms with Crippen molar-refractivity contribution >= 4 is 6.21 Å². The minimum atomic E-state index is 0.0165. The van der Waals surface area contributed by atoms with E-state index >= 15 is 0 Å². The largest absolute Gasteiger partial charge is 0.400 e. The van der Waals surface area contributed by atoms with Gasteiger partial charge >= 0.3 is 0 Å². The summed E-state index contributed by atoms with van der Waals surface area (Å²) in [5.41, 5.74) is 6.59. The zero-order chi connectivity index (χ0) is 10.5. The quantitative estimate of drug-likeness (QED) is 0.503. The molecule has 0 aliphatic heterocycles. The number of allylic oxidation sites excluding steroid dienone is 2. The minimum Gasteiger partial charge on any atom is -0.400 e. The summed E-state index contributed by atoms with van der Waals surface area (Å²) in [7, 11) is 0. The summed E-state index contributed by atoms with van der Waals surface area (Å²) in [5.74, 6) is 0. The van der Waals surface area contributed by atoms with Crippen molar-refractivity contribution in [1.82, 2.24) is 0 Å². The molecule has 1 aliphatic rings. The van der Waals surface area contributed by atoms with E-state index < -0.39 is 0 Å². The predicted octanol–water partition coefficient (Wildman–Crippen LogP) is 2.20. The fourth-order valence-electron chi connectivity index (χ4n) is 0.952. The summed E-state index contributed by atoms with van der Waals surface area (Å²) in [6.07, 6.45) is 3.11. The Morgan fingerprint density at radius 3 is 2.23 bits per heavy atom. The first-order valence-electron chi connectivity index (χ1n) is 4.55. The van der Waals surface area contributed by atoms with Crippen molar-refractivity contribution in [3.63, 3.8) is 0 Å². The van der Waals surface area contributed by atoms with Crippen LogP contribution in [0.5, 0.6) is 0 Å². The molecule has 0 aromatic heterocycles. The van der Waals surface area contributed by atoms with Gasteiger partial charge in [-0.2, -0.15) is 5.26 Å². The van der Waals surface area contributed by atoms with Crippen molar-refractivity contribution in [2.75, 3.05) is 0 Å². The summed E-state index contributed by atoms with van der Waals surface area (Å²) in [5, 5.41) is 15.5. The number of nitriles is 1. The standard InChI is InChI=1S/C8H11N3.C2H6/c1-8(2-3-8)7(11)6(4-9)5-10;1-2/h4,9H,2-3,11H2,1H3;1-2H3/b7-6+,9-4?;. The Morgan fingerprint density at radius 1 is 1.54 bits per heavy atom. The lowest BCUT2D eigenvalue weighted by Crippen LogP contribution is -2.12. The fourth-order valence-corrected chi connectivity index (χ4v) is 0.952. The van der Waals surface area contributed by atoms with Crippen LogP contribution in [0.3, 0.4) is 0 Å². The Kier molecular flexibility index (Phi) is 4.19. The lowest BCUT2D eigenvalue weighted by molar-refractivity contribution is 0.676. The van der Waals surface area contributed by atoms with Gasteiger partial charge in [-0.1, -0.05) is 20.8 Å². The average molecular weight is 179 g/mol. The third kappa shape index (κ3) is 2.59. The summed E-state index contributed by atoms with van der Waals surface area (Å²) in [6.45, 7) is 6.02. The fraction of sp³-hybridized carbons (Fsp3) is 0.600. The SMILES string of the molecule is CC.CC1(/C(N)=C(\C#N)C=N)CC1. The Bertz CT molecular complexity index is 254. The van der Waals surface area contributed by atoms with E-state index in [0.29, 0.717) is 11.3 Å².